The molecule has 0 radical (unpaired) electrons. The molecule has 0 aromatic heterocycles. The lowest BCUT2D eigenvalue weighted by atomic mass is 10.0. The zero-order valence-corrected chi connectivity index (χ0v) is 21.0. The second-order valence-electron chi connectivity index (χ2n) is 9.05. The van der Waals surface area contributed by atoms with Gasteiger partial charge < -0.3 is 24.1 Å². The van der Waals surface area contributed by atoms with Crippen molar-refractivity contribution in [3.63, 3.8) is 0 Å². The van der Waals surface area contributed by atoms with Crippen molar-refractivity contribution in [2.75, 3.05) is 39.6 Å². The number of ether oxygens (including phenoxy) is 2. The summed E-state index contributed by atoms with van der Waals surface area (Å²) < 4.78 is 17.7. The van der Waals surface area contributed by atoms with Crippen LogP contribution in [0.2, 0.25) is 37.3 Å². The Balaban J connectivity index is 4.66. The minimum absolute atomic E-state index is 0.0939. The second-order valence-corrected chi connectivity index (χ2v) is 18.8. The molecule has 27 heavy (non-hydrogen) atoms. The lowest BCUT2D eigenvalue weighted by molar-refractivity contribution is 0.0874. The maximum atomic E-state index is 8.83. The molecule has 0 aromatic carbocycles. The molecule has 0 bridgehead atoms. The molecule has 2 unspecified atom stereocenters. The first-order valence-electron chi connectivity index (χ1n) is 10.6. The highest BCUT2D eigenvalue weighted by Gasteiger charge is 2.45. The van der Waals surface area contributed by atoms with Gasteiger partial charge in [0.15, 0.2) is 8.32 Å². The fourth-order valence-corrected chi connectivity index (χ4v) is 9.80. The van der Waals surface area contributed by atoms with Gasteiger partial charge in [-0.2, -0.15) is 0 Å². The molecule has 0 aliphatic carbocycles. The van der Waals surface area contributed by atoms with E-state index in [1.54, 1.807) is 0 Å². The summed E-state index contributed by atoms with van der Waals surface area (Å²) in [5.41, 5.74) is 0.327. The fraction of sp³-hybridized carbons (Fsp3) is 1.00. The van der Waals surface area contributed by atoms with Crippen LogP contribution in [-0.4, -0.2) is 72.0 Å². The Morgan fingerprint density at radius 3 is 1.89 bits per heavy atom. The van der Waals surface area contributed by atoms with Crippen molar-refractivity contribution in [1.29, 1.82) is 0 Å². The van der Waals surface area contributed by atoms with Gasteiger partial charge in [0, 0.05) is 18.9 Å². The Hall–Kier alpha value is 0.234. The highest BCUT2D eigenvalue weighted by Crippen LogP contribution is 2.46. The largest absolute Gasteiger partial charge is 0.417 e. The molecular weight excluding hydrogens is 376 g/mol. The molecule has 0 heterocycles. The van der Waals surface area contributed by atoms with Gasteiger partial charge in [0.05, 0.1) is 34.5 Å². The summed E-state index contributed by atoms with van der Waals surface area (Å²) in [5.74, 6) is 0. The molecule has 7 heteroatoms. The van der Waals surface area contributed by atoms with E-state index in [4.69, 9.17) is 24.1 Å². The van der Waals surface area contributed by atoms with Gasteiger partial charge in [-0.25, -0.2) is 0 Å². The first kappa shape index (κ1) is 27.2. The van der Waals surface area contributed by atoms with E-state index in [-0.39, 0.29) is 18.3 Å². The average Bonchev–Trinajstić information content (AvgIpc) is 2.60. The van der Waals surface area contributed by atoms with Gasteiger partial charge in [0.25, 0.3) is 0 Å². The third-order valence-electron chi connectivity index (χ3n) is 6.40. The Labute approximate surface area is 169 Å². The van der Waals surface area contributed by atoms with E-state index in [0.717, 1.165) is 32.3 Å². The molecule has 164 valence electrons. The third-order valence-corrected chi connectivity index (χ3v) is 15.1. The lowest BCUT2D eigenvalue weighted by Gasteiger charge is -2.46. The Bertz CT molecular complexity index is 379. The highest BCUT2D eigenvalue weighted by atomic mass is 28.4. The molecule has 0 fully saturated rings. The molecule has 0 amide bonds. The van der Waals surface area contributed by atoms with Crippen molar-refractivity contribution in [2.45, 2.75) is 89.5 Å². The fourth-order valence-electron chi connectivity index (χ4n) is 3.38. The molecule has 0 spiro atoms. The van der Waals surface area contributed by atoms with Crippen LogP contribution >= 0.6 is 0 Å². The number of rotatable bonds is 17. The molecule has 0 aromatic rings. The van der Waals surface area contributed by atoms with Crippen LogP contribution in [0.15, 0.2) is 0 Å². The van der Waals surface area contributed by atoms with Gasteiger partial charge >= 0.3 is 0 Å². The van der Waals surface area contributed by atoms with Gasteiger partial charge in [-0.15, -0.1) is 0 Å². The topological polar surface area (TPSA) is 68.2 Å². The van der Waals surface area contributed by atoms with E-state index in [0.29, 0.717) is 25.5 Å². The van der Waals surface area contributed by atoms with E-state index in [9.17, 15) is 0 Å². The van der Waals surface area contributed by atoms with Crippen LogP contribution in [0, 0.1) is 0 Å². The van der Waals surface area contributed by atoms with Gasteiger partial charge in [-0.3, -0.25) is 0 Å². The molecule has 5 nitrogen and oxygen atoms in total. The van der Waals surface area contributed by atoms with Gasteiger partial charge in [0.1, 0.15) is 0 Å². The van der Waals surface area contributed by atoms with E-state index < -0.39 is 16.4 Å². The predicted molar refractivity (Wildman–Crippen MR) is 119 cm³/mol. The molecule has 0 rings (SSSR count). The zero-order valence-electron chi connectivity index (χ0n) is 19.0. The van der Waals surface area contributed by atoms with Crippen molar-refractivity contribution >= 4 is 16.4 Å². The molecule has 0 saturated heterocycles. The van der Waals surface area contributed by atoms with Crippen molar-refractivity contribution in [1.82, 2.24) is 0 Å². The standard InChI is InChI=1S/C20H46O5Si2/c1-8-20(3,11-9-14-23-16-12-21)27(6,7)25-19(2)26(4,5)18-10-15-24-17-13-22/h19,21-22H,8-18H2,1-7H3. The Morgan fingerprint density at radius 2 is 1.41 bits per heavy atom. The third kappa shape index (κ3) is 10.0. The number of aliphatic hydroxyl groups excluding tert-OH is 2. The molecule has 0 aliphatic rings. The van der Waals surface area contributed by atoms with Crippen molar-refractivity contribution in [3.05, 3.63) is 0 Å². The minimum Gasteiger partial charge on any atom is -0.417 e. The van der Waals surface area contributed by atoms with E-state index >= 15 is 0 Å². The summed E-state index contributed by atoms with van der Waals surface area (Å²) in [4.78, 5) is 0. The summed E-state index contributed by atoms with van der Waals surface area (Å²) in [6.45, 7) is 19.0. The minimum atomic E-state index is -1.89. The Kier molecular flexibility index (Phi) is 13.6. The monoisotopic (exact) mass is 422 g/mol. The van der Waals surface area contributed by atoms with Crippen LogP contribution in [-0.2, 0) is 13.9 Å². The van der Waals surface area contributed by atoms with Crippen molar-refractivity contribution in [2.24, 2.45) is 0 Å². The predicted octanol–water partition coefficient (Wildman–Crippen LogP) is 4.20. The summed E-state index contributed by atoms with van der Waals surface area (Å²) in [6.07, 6.45) is 4.29. The maximum absolute atomic E-state index is 8.83. The number of hydrogen-bond acceptors (Lipinski definition) is 5. The SMILES string of the molecule is CCC(C)(CCCOCCO)[Si](C)(C)OC(C)[Si](C)(C)CCCOCCO. The molecule has 0 aliphatic heterocycles. The first-order valence-corrected chi connectivity index (χ1v) is 16.8. The summed E-state index contributed by atoms with van der Waals surface area (Å²) in [5, 5.41) is 17.8. The molecular formula is C20H46O5Si2. The van der Waals surface area contributed by atoms with E-state index in [1.165, 1.54) is 6.04 Å². The van der Waals surface area contributed by atoms with Crippen LogP contribution in [0.5, 0.6) is 0 Å². The summed E-state index contributed by atoms with van der Waals surface area (Å²) in [7, 11) is -3.39. The van der Waals surface area contributed by atoms with Crippen LogP contribution in [0.4, 0.5) is 0 Å². The van der Waals surface area contributed by atoms with Gasteiger partial charge in [-0.1, -0.05) is 39.4 Å². The molecule has 2 N–H and O–H groups in total. The maximum Gasteiger partial charge on any atom is 0.192 e. The van der Waals surface area contributed by atoms with Crippen LogP contribution < -0.4 is 0 Å². The zero-order chi connectivity index (χ0) is 21.0. The van der Waals surface area contributed by atoms with E-state index in [1.807, 2.05) is 0 Å². The molecule has 2 atom stereocenters. The van der Waals surface area contributed by atoms with Crippen molar-refractivity contribution in [3.8, 4) is 0 Å². The smallest absolute Gasteiger partial charge is 0.192 e. The quantitative estimate of drug-likeness (QED) is 0.271. The average molecular weight is 423 g/mol. The second kappa shape index (κ2) is 13.5. The van der Waals surface area contributed by atoms with Crippen LogP contribution in [0.25, 0.3) is 0 Å². The van der Waals surface area contributed by atoms with Crippen LogP contribution in [0.3, 0.4) is 0 Å². The van der Waals surface area contributed by atoms with E-state index in [2.05, 4.69) is 47.0 Å². The normalized spacial score (nSPS) is 16.3. The lowest BCUT2D eigenvalue weighted by Crippen LogP contribution is -2.52. The molecule has 0 saturated carbocycles. The van der Waals surface area contributed by atoms with Crippen LogP contribution in [0.1, 0.15) is 46.5 Å². The number of aliphatic hydroxyl groups is 2. The summed E-state index contributed by atoms with van der Waals surface area (Å²) in [6, 6.07) is 1.18. The summed E-state index contributed by atoms with van der Waals surface area (Å²) >= 11 is 0. The first-order chi connectivity index (χ1) is 12.6. The Morgan fingerprint density at radius 1 is 0.889 bits per heavy atom. The highest BCUT2D eigenvalue weighted by molar-refractivity contribution is 6.81. The number of hydrogen-bond donors (Lipinski definition) is 2. The van der Waals surface area contributed by atoms with Gasteiger partial charge in [0.2, 0.25) is 0 Å². The van der Waals surface area contributed by atoms with Gasteiger partial charge in [-0.05, 0) is 44.3 Å². The van der Waals surface area contributed by atoms with Crippen molar-refractivity contribution < 1.29 is 24.1 Å².